The van der Waals surface area contributed by atoms with Crippen LogP contribution in [0.4, 0.5) is 11.4 Å². The molecule has 0 aliphatic rings. The molecular weight excluding hydrogens is 232 g/mol. The molecule has 0 unspecified atom stereocenters. The van der Waals surface area contributed by atoms with Gasteiger partial charge in [0.15, 0.2) is 0 Å². The van der Waals surface area contributed by atoms with Crippen molar-refractivity contribution in [1.29, 1.82) is 0 Å². The molecule has 102 valence electrons. The number of hydrogen-bond acceptors (Lipinski definition) is 5. The number of rotatable bonds is 7. The molecule has 0 radical (unpaired) electrons. The maximum atomic E-state index is 9.24. The molecule has 0 saturated heterocycles. The van der Waals surface area contributed by atoms with Crippen molar-refractivity contribution >= 4 is 11.4 Å². The summed E-state index contributed by atoms with van der Waals surface area (Å²) in [5.74, 6) is 0.678. The highest BCUT2D eigenvalue weighted by molar-refractivity contribution is 5.60. The van der Waals surface area contributed by atoms with Crippen molar-refractivity contribution in [3.05, 3.63) is 18.2 Å². The van der Waals surface area contributed by atoms with Gasteiger partial charge in [0.05, 0.1) is 25.4 Å². The Morgan fingerprint density at radius 1 is 1.28 bits per heavy atom. The Morgan fingerprint density at radius 2 is 1.94 bits per heavy atom. The molecule has 0 bridgehead atoms. The van der Waals surface area contributed by atoms with E-state index in [1.165, 1.54) is 0 Å². The molecule has 0 aliphatic carbocycles. The fourth-order valence-electron chi connectivity index (χ4n) is 1.48. The van der Waals surface area contributed by atoms with E-state index in [4.69, 9.17) is 10.5 Å². The lowest BCUT2D eigenvalue weighted by Crippen LogP contribution is -2.42. The number of nitrogens with two attached hydrogens (primary N) is 1. The number of aliphatic hydroxyl groups is 2. The molecule has 0 atom stereocenters. The zero-order valence-electron chi connectivity index (χ0n) is 10.9. The molecule has 18 heavy (non-hydrogen) atoms. The molecule has 0 amide bonds. The zero-order valence-corrected chi connectivity index (χ0v) is 10.9. The van der Waals surface area contributed by atoms with E-state index in [-0.39, 0.29) is 13.2 Å². The lowest BCUT2D eigenvalue weighted by molar-refractivity contribution is 0.147. The average Bonchev–Trinajstić information content (AvgIpc) is 2.35. The first-order valence-corrected chi connectivity index (χ1v) is 6.06. The summed E-state index contributed by atoms with van der Waals surface area (Å²) in [5.41, 5.74) is 6.29. The highest BCUT2D eigenvalue weighted by Gasteiger charge is 2.22. The summed E-state index contributed by atoms with van der Waals surface area (Å²) in [6.07, 6.45) is 0.919. The van der Waals surface area contributed by atoms with E-state index < -0.39 is 5.54 Å². The maximum Gasteiger partial charge on any atom is 0.123 e. The van der Waals surface area contributed by atoms with Gasteiger partial charge in [0.2, 0.25) is 0 Å². The fraction of sp³-hybridized carbons (Fsp3) is 0.538. The van der Waals surface area contributed by atoms with Gasteiger partial charge < -0.3 is 26.0 Å². The Morgan fingerprint density at radius 3 is 2.50 bits per heavy atom. The lowest BCUT2D eigenvalue weighted by atomic mass is 10.0. The van der Waals surface area contributed by atoms with Crippen LogP contribution in [0.2, 0.25) is 0 Å². The van der Waals surface area contributed by atoms with E-state index in [1.54, 1.807) is 25.1 Å². The topological polar surface area (TPSA) is 87.7 Å². The summed E-state index contributed by atoms with van der Waals surface area (Å²) in [6.45, 7) is 4.02. The fourth-order valence-corrected chi connectivity index (χ4v) is 1.48. The molecule has 1 rings (SSSR count). The van der Waals surface area contributed by atoms with Crippen molar-refractivity contribution in [3.8, 4) is 5.75 Å². The van der Waals surface area contributed by atoms with Crippen molar-refractivity contribution in [2.75, 3.05) is 30.9 Å². The smallest absolute Gasteiger partial charge is 0.123 e. The van der Waals surface area contributed by atoms with Gasteiger partial charge in [-0.2, -0.15) is 0 Å². The number of anilines is 2. The van der Waals surface area contributed by atoms with Gasteiger partial charge in [-0.25, -0.2) is 0 Å². The predicted molar refractivity (Wildman–Crippen MR) is 72.8 cm³/mol. The highest BCUT2D eigenvalue weighted by Crippen LogP contribution is 2.25. The predicted octanol–water partition coefficient (Wildman–Crippen LogP) is 1.21. The van der Waals surface area contributed by atoms with Crippen LogP contribution >= 0.6 is 0 Å². The Kier molecular flexibility index (Phi) is 5.25. The normalized spacial score (nSPS) is 11.3. The van der Waals surface area contributed by atoms with Crippen LogP contribution in [0.15, 0.2) is 18.2 Å². The van der Waals surface area contributed by atoms with Crippen molar-refractivity contribution < 1.29 is 14.9 Å². The molecule has 5 nitrogen and oxygen atoms in total. The molecule has 0 heterocycles. The summed E-state index contributed by atoms with van der Waals surface area (Å²) in [4.78, 5) is 0. The maximum absolute atomic E-state index is 9.24. The van der Waals surface area contributed by atoms with Crippen LogP contribution in [0, 0.1) is 0 Å². The van der Waals surface area contributed by atoms with Crippen LogP contribution in [0.3, 0.4) is 0 Å². The van der Waals surface area contributed by atoms with Gasteiger partial charge in [-0.05, 0) is 19.4 Å². The molecule has 0 aromatic heterocycles. The third-order valence-electron chi connectivity index (χ3n) is 2.55. The third-order valence-corrected chi connectivity index (χ3v) is 2.55. The monoisotopic (exact) mass is 254 g/mol. The van der Waals surface area contributed by atoms with Crippen molar-refractivity contribution in [3.63, 3.8) is 0 Å². The number of ether oxygens (including phenoxy) is 1. The molecule has 0 saturated carbocycles. The van der Waals surface area contributed by atoms with Gasteiger partial charge in [0, 0.05) is 23.5 Å². The number of benzene rings is 1. The highest BCUT2D eigenvalue weighted by atomic mass is 16.5. The van der Waals surface area contributed by atoms with Crippen LogP contribution in [0.5, 0.6) is 5.75 Å². The Bertz CT molecular complexity index is 378. The van der Waals surface area contributed by atoms with Gasteiger partial charge in [-0.3, -0.25) is 0 Å². The Labute approximate surface area is 108 Å². The van der Waals surface area contributed by atoms with E-state index in [0.717, 1.165) is 6.42 Å². The van der Waals surface area contributed by atoms with Crippen LogP contribution in [-0.2, 0) is 0 Å². The molecule has 1 aromatic rings. The van der Waals surface area contributed by atoms with Gasteiger partial charge in [0.25, 0.3) is 0 Å². The minimum Gasteiger partial charge on any atom is -0.493 e. The van der Waals surface area contributed by atoms with E-state index in [2.05, 4.69) is 5.32 Å². The van der Waals surface area contributed by atoms with Crippen molar-refractivity contribution in [2.24, 2.45) is 0 Å². The Balaban J connectivity index is 2.85. The summed E-state index contributed by atoms with van der Waals surface area (Å²) >= 11 is 0. The molecular formula is C13H22N2O3. The molecule has 5 heteroatoms. The van der Waals surface area contributed by atoms with Crippen molar-refractivity contribution in [1.82, 2.24) is 0 Å². The SMILES string of the molecule is CCCOc1cc(N)cc(NC(C)(CO)CO)c1. The lowest BCUT2D eigenvalue weighted by Gasteiger charge is -2.27. The second-order valence-corrected chi connectivity index (χ2v) is 4.64. The van der Waals surface area contributed by atoms with Crippen LogP contribution in [-0.4, -0.2) is 35.6 Å². The standard InChI is InChI=1S/C13H22N2O3/c1-3-4-18-12-6-10(14)5-11(7-12)15-13(2,8-16)9-17/h5-7,15-17H,3-4,8-9,14H2,1-2H3. The first-order valence-electron chi connectivity index (χ1n) is 6.06. The molecule has 0 fully saturated rings. The quantitative estimate of drug-likeness (QED) is 0.549. The number of nitrogens with one attached hydrogen (secondary N) is 1. The number of nitrogen functional groups attached to an aromatic ring is 1. The first kappa shape index (κ1) is 14.6. The molecule has 1 aromatic carbocycles. The van der Waals surface area contributed by atoms with Gasteiger partial charge in [-0.15, -0.1) is 0 Å². The molecule has 0 aliphatic heterocycles. The van der Waals surface area contributed by atoms with Crippen LogP contribution in [0.1, 0.15) is 20.3 Å². The van der Waals surface area contributed by atoms with Gasteiger partial charge in [-0.1, -0.05) is 6.92 Å². The minimum atomic E-state index is -0.782. The number of aliphatic hydroxyl groups excluding tert-OH is 2. The summed E-state index contributed by atoms with van der Waals surface area (Å²) in [7, 11) is 0. The minimum absolute atomic E-state index is 0.177. The molecule has 0 spiro atoms. The first-order chi connectivity index (χ1) is 8.53. The summed E-state index contributed by atoms with van der Waals surface area (Å²) < 4.78 is 5.51. The van der Waals surface area contributed by atoms with E-state index in [9.17, 15) is 10.2 Å². The summed E-state index contributed by atoms with van der Waals surface area (Å²) in [6, 6.07) is 5.29. The average molecular weight is 254 g/mol. The zero-order chi connectivity index (χ0) is 13.6. The van der Waals surface area contributed by atoms with E-state index >= 15 is 0 Å². The second kappa shape index (κ2) is 6.47. The van der Waals surface area contributed by atoms with Gasteiger partial charge >= 0.3 is 0 Å². The van der Waals surface area contributed by atoms with E-state index in [0.29, 0.717) is 23.7 Å². The summed E-state index contributed by atoms with van der Waals surface area (Å²) in [5, 5.41) is 21.5. The van der Waals surface area contributed by atoms with Gasteiger partial charge in [0.1, 0.15) is 5.75 Å². The third kappa shape index (κ3) is 4.09. The van der Waals surface area contributed by atoms with Crippen molar-refractivity contribution in [2.45, 2.75) is 25.8 Å². The van der Waals surface area contributed by atoms with Crippen LogP contribution < -0.4 is 15.8 Å². The second-order valence-electron chi connectivity index (χ2n) is 4.64. The number of hydrogen-bond donors (Lipinski definition) is 4. The largest absolute Gasteiger partial charge is 0.493 e. The van der Waals surface area contributed by atoms with Crippen LogP contribution in [0.25, 0.3) is 0 Å². The molecule has 5 N–H and O–H groups in total. The Hall–Kier alpha value is -1.46. The van der Waals surface area contributed by atoms with E-state index in [1.807, 2.05) is 6.92 Å².